The van der Waals surface area contributed by atoms with Gasteiger partial charge in [-0.05, 0) is 66.7 Å². The molecule has 0 heterocycles. The molecular formula is C28H30N2O5. The van der Waals surface area contributed by atoms with Crippen LogP contribution < -0.4 is 10.6 Å². The summed E-state index contributed by atoms with van der Waals surface area (Å²) in [5.74, 6) is -0.825. The number of amides is 2. The van der Waals surface area contributed by atoms with Crippen LogP contribution in [0.5, 0.6) is 0 Å². The number of alkyl carbamates (subject to hydrolysis) is 1. The Bertz CT molecular complexity index is 1150. The number of carbonyl (C=O) groups excluding carboxylic acids is 2. The summed E-state index contributed by atoms with van der Waals surface area (Å²) < 4.78 is 5.68. The fourth-order valence-electron chi connectivity index (χ4n) is 6.76. The maximum absolute atomic E-state index is 13.0. The SMILES string of the molecule is O=C(NC1CC2CC2(C(=O)N[C@H]2CC[C@@H](C(=O)O)C2)C1)OCC1c2ccccc2-c2ccccc21. The number of hydrogen-bond acceptors (Lipinski definition) is 4. The number of nitrogens with one attached hydrogen (secondary N) is 2. The molecule has 0 radical (unpaired) electrons. The van der Waals surface area contributed by atoms with Crippen molar-refractivity contribution in [1.82, 2.24) is 10.6 Å². The molecule has 5 atom stereocenters. The van der Waals surface area contributed by atoms with Gasteiger partial charge in [-0.2, -0.15) is 0 Å². The van der Waals surface area contributed by atoms with Gasteiger partial charge in [-0.25, -0.2) is 4.79 Å². The third-order valence-electron chi connectivity index (χ3n) is 8.65. The predicted molar refractivity (Wildman–Crippen MR) is 129 cm³/mol. The molecule has 0 aliphatic heterocycles. The van der Waals surface area contributed by atoms with E-state index in [9.17, 15) is 19.5 Å². The lowest BCUT2D eigenvalue weighted by molar-refractivity contribution is -0.141. The number of benzene rings is 2. The molecule has 2 aromatic rings. The van der Waals surface area contributed by atoms with Crippen molar-refractivity contribution in [2.45, 2.75) is 56.5 Å². The first-order valence-corrected chi connectivity index (χ1v) is 12.6. The van der Waals surface area contributed by atoms with Crippen LogP contribution in [0.2, 0.25) is 0 Å². The summed E-state index contributed by atoms with van der Waals surface area (Å²) in [4.78, 5) is 36.9. The lowest BCUT2D eigenvalue weighted by Crippen LogP contribution is -2.41. The highest BCUT2D eigenvalue weighted by molar-refractivity contribution is 5.87. The van der Waals surface area contributed by atoms with E-state index >= 15 is 0 Å². The van der Waals surface area contributed by atoms with Crippen LogP contribution in [0.3, 0.4) is 0 Å². The van der Waals surface area contributed by atoms with Gasteiger partial charge in [-0.15, -0.1) is 0 Å². The maximum atomic E-state index is 13.0. The van der Waals surface area contributed by atoms with Gasteiger partial charge >= 0.3 is 12.1 Å². The Morgan fingerprint density at radius 3 is 2.23 bits per heavy atom. The number of fused-ring (bicyclic) bond motifs is 4. The fourth-order valence-corrected chi connectivity index (χ4v) is 6.76. The smallest absolute Gasteiger partial charge is 0.407 e. The van der Waals surface area contributed by atoms with Crippen molar-refractivity contribution in [3.05, 3.63) is 59.7 Å². The summed E-state index contributed by atoms with van der Waals surface area (Å²) in [6, 6.07) is 16.3. The zero-order valence-electron chi connectivity index (χ0n) is 19.5. The zero-order chi connectivity index (χ0) is 24.2. The van der Waals surface area contributed by atoms with Gasteiger partial charge in [0.1, 0.15) is 6.61 Å². The van der Waals surface area contributed by atoms with Crippen molar-refractivity contribution in [3.63, 3.8) is 0 Å². The minimum atomic E-state index is -0.780. The monoisotopic (exact) mass is 474 g/mol. The first kappa shape index (κ1) is 22.1. The molecule has 35 heavy (non-hydrogen) atoms. The number of aliphatic carboxylic acids is 1. The van der Waals surface area contributed by atoms with Gasteiger partial charge in [-0.1, -0.05) is 48.5 Å². The van der Waals surface area contributed by atoms with Crippen molar-refractivity contribution in [2.24, 2.45) is 17.3 Å². The van der Waals surface area contributed by atoms with Crippen molar-refractivity contribution in [2.75, 3.05) is 6.61 Å². The molecule has 0 saturated heterocycles. The van der Waals surface area contributed by atoms with E-state index in [0.717, 1.165) is 12.8 Å². The number of carboxylic acid groups (broad SMARTS) is 1. The lowest BCUT2D eigenvalue weighted by atomic mass is 9.98. The first-order chi connectivity index (χ1) is 16.9. The molecule has 3 unspecified atom stereocenters. The van der Waals surface area contributed by atoms with E-state index in [1.807, 2.05) is 24.3 Å². The van der Waals surface area contributed by atoms with Gasteiger partial charge in [0, 0.05) is 18.0 Å². The predicted octanol–water partition coefficient (Wildman–Crippen LogP) is 4.06. The second-order valence-corrected chi connectivity index (χ2v) is 10.7. The molecule has 182 valence electrons. The Labute approximate surface area is 204 Å². The summed E-state index contributed by atoms with van der Waals surface area (Å²) in [5.41, 5.74) is 4.33. The molecule has 0 spiro atoms. The van der Waals surface area contributed by atoms with Crippen LogP contribution in [0.1, 0.15) is 55.6 Å². The lowest BCUT2D eigenvalue weighted by Gasteiger charge is -2.21. The van der Waals surface area contributed by atoms with E-state index in [0.29, 0.717) is 25.7 Å². The zero-order valence-corrected chi connectivity index (χ0v) is 19.5. The van der Waals surface area contributed by atoms with E-state index in [4.69, 9.17) is 4.74 Å². The van der Waals surface area contributed by atoms with E-state index in [-0.39, 0.29) is 42.4 Å². The number of carboxylic acids is 1. The topological polar surface area (TPSA) is 105 Å². The highest BCUT2D eigenvalue weighted by Gasteiger charge is 2.65. The Kier molecular flexibility index (Phi) is 5.31. The molecular weight excluding hydrogens is 444 g/mol. The molecule has 7 heteroatoms. The van der Waals surface area contributed by atoms with Gasteiger partial charge in [0.2, 0.25) is 5.91 Å². The van der Waals surface area contributed by atoms with Gasteiger partial charge in [0.05, 0.1) is 11.3 Å². The van der Waals surface area contributed by atoms with Crippen molar-refractivity contribution < 1.29 is 24.2 Å². The largest absolute Gasteiger partial charge is 0.481 e. The van der Waals surface area contributed by atoms with Crippen LogP contribution >= 0.6 is 0 Å². The van der Waals surface area contributed by atoms with Crippen LogP contribution in [-0.4, -0.2) is 41.8 Å². The van der Waals surface area contributed by atoms with Gasteiger partial charge in [0.15, 0.2) is 0 Å². The van der Waals surface area contributed by atoms with Gasteiger partial charge < -0.3 is 20.5 Å². The fraction of sp³-hybridized carbons (Fsp3) is 0.464. The van der Waals surface area contributed by atoms with Crippen molar-refractivity contribution in [1.29, 1.82) is 0 Å². The van der Waals surface area contributed by atoms with Gasteiger partial charge in [0.25, 0.3) is 0 Å². The molecule has 0 aromatic heterocycles. The molecule has 4 aliphatic carbocycles. The molecule has 0 bridgehead atoms. The second-order valence-electron chi connectivity index (χ2n) is 10.7. The summed E-state index contributed by atoms with van der Waals surface area (Å²) >= 11 is 0. The van der Waals surface area contributed by atoms with Gasteiger partial charge in [-0.3, -0.25) is 9.59 Å². The average molecular weight is 475 g/mol. The molecule has 2 aromatic carbocycles. The molecule has 3 fully saturated rings. The average Bonchev–Trinajstić information content (AvgIpc) is 3.18. The van der Waals surface area contributed by atoms with E-state index in [2.05, 4.69) is 34.9 Å². The Morgan fingerprint density at radius 2 is 1.57 bits per heavy atom. The Morgan fingerprint density at radius 1 is 0.886 bits per heavy atom. The third-order valence-corrected chi connectivity index (χ3v) is 8.65. The van der Waals surface area contributed by atoms with Crippen LogP contribution in [0.25, 0.3) is 11.1 Å². The van der Waals surface area contributed by atoms with E-state index in [1.165, 1.54) is 22.3 Å². The third kappa shape index (κ3) is 3.87. The number of hydrogen-bond donors (Lipinski definition) is 3. The highest BCUT2D eigenvalue weighted by Crippen LogP contribution is 2.63. The van der Waals surface area contributed by atoms with Crippen molar-refractivity contribution in [3.8, 4) is 11.1 Å². The Balaban J connectivity index is 1.02. The maximum Gasteiger partial charge on any atom is 0.407 e. The summed E-state index contributed by atoms with van der Waals surface area (Å²) in [5, 5.41) is 15.3. The van der Waals surface area contributed by atoms with E-state index in [1.54, 1.807) is 0 Å². The summed E-state index contributed by atoms with van der Waals surface area (Å²) in [6.07, 6.45) is 3.63. The second kappa shape index (κ2) is 8.40. The summed E-state index contributed by atoms with van der Waals surface area (Å²) in [6.45, 7) is 0.272. The van der Waals surface area contributed by atoms with E-state index < -0.39 is 17.5 Å². The number of carbonyl (C=O) groups is 3. The molecule has 4 aliphatic rings. The summed E-state index contributed by atoms with van der Waals surface area (Å²) in [7, 11) is 0. The quantitative estimate of drug-likeness (QED) is 0.586. The Hall–Kier alpha value is -3.35. The number of rotatable bonds is 6. The molecule has 3 N–H and O–H groups in total. The van der Waals surface area contributed by atoms with Crippen LogP contribution in [0.15, 0.2) is 48.5 Å². The standard InChI is InChI=1S/C28H30N2O5/c31-25(32)16-9-10-18(11-16)29-26(33)28-13-17(28)12-19(14-28)30-27(34)35-15-24-22-7-3-1-5-20(22)21-6-2-4-8-23(21)24/h1-8,16-19,24H,9-15H2,(H,29,33)(H,30,34)(H,31,32)/t16-,17?,18+,19?,28?/m1/s1. The number of ether oxygens (including phenoxy) is 1. The molecule has 7 nitrogen and oxygen atoms in total. The van der Waals surface area contributed by atoms with Crippen molar-refractivity contribution >= 4 is 18.0 Å². The van der Waals surface area contributed by atoms with Crippen LogP contribution in [0.4, 0.5) is 4.79 Å². The minimum Gasteiger partial charge on any atom is -0.481 e. The minimum absolute atomic E-state index is 0.0169. The van der Waals surface area contributed by atoms with Crippen LogP contribution in [0, 0.1) is 17.3 Å². The van der Waals surface area contributed by atoms with Crippen LogP contribution in [-0.2, 0) is 14.3 Å². The molecule has 6 rings (SSSR count). The highest BCUT2D eigenvalue weighted by atomic mass is 16.5. The molecule has 2 amide bonds. The molecule has 3 saturated carbocycles. The first-order valence-electron chi connectivity index (χ1n) is 12.6. The normalized spacial score (nSPS) is 30.2.